The van der Waals surface area contributed by atoms with E-state index < -0.39 is 0 Å². The molecule has 2 aromatic rings. The largest absolute Gasteiger partial charge is 0.335 e. The second kappa shape index (κ2) is 7.18. The zero-order valence-electron chi connectivity index (χ0n) is 14.2. The van der Waals surface area contributed by atoms with E-state index >= 15 is 0 Å². The Morgan fingerprint density at radius 1 is 1.08 bits per heavy atom. The molecule has 1 aliphatic heterocycles. The van der Waals surface area contributed by atoms with E-state index in [0.717, 1.165) is 43.5 Å². The van der Waals surface area contributed by atoms with Crippen LogP contribution in [-0.2, 0) is 0 Å². The number of piperazine rings is 1. The molecule has 1 N–H and O–H groups in total. The van der Waals surface area contributed by atoms with Crippen LogP contribution in [0.4, 0.5) is 0 Å². The van der Waals surface area contributed by atoms with Crippen LogP contribution in [0.1, 0.15) is 36.2 Å². The van der Waals surface area contributed by atoms with Gasteiger partial charge in [0.25, 0.3) is 5.91 Å². The van der Waals surface area contributed by atoms with Gasteiger partial charge in [0.2, 0.25) is 0 Å². The summed E-state index contributed by atoms with van der Waals surface area (Å²) in [6, 6.07) is 10.0. The number of hydrogen-bond acceptors (Lipinski definition) is 3. The van der Waals surface area contributed by atoms with Crippen molar-refractivity contribution in [3.05, 3.63) is 41.0 Å². The summed E-state index contributed by atoms with van der Waals surface area (Å²) in [6.45, 7) is 3.55. The normalized spacial score (nSPS) is 19.5. The van der Waals surface area contributed by atoms with E-state index in [2.05, 4.69) is 15.1 Å². The molecule has 0 atom stereocenters. The number of nitrogens with zero attached hydrogens (tertiary/aromatic N) is 3. The van der Waals surface area contributed by atoms with Gasteiger partial charge in [0, 0.05) is 42.8 Å². The second-order valence-corrected chi connectivity index (χ2v) is 7.38. The molecule has 0 unspecified atom stereocenters. The Morgan fingerprint density at radius 2 is 1.76 bits per heavy atom. The predicted octanol–water partition coefficient (Wildman–Crippen LogP) is 3.43. The summed E-state index contributed by atoms with van der Waals surface area (Å²) < 4.78 is 0. The molecule has 1 aliphatic carbocycles. The number of rotatable bonds is 3. The summed E-state index contributed by atoms with van der Waals surface area (Å²) in [5.41, 5.74) is 2.27. The number of nitrogens with one attached hydrogen (secondary N) is 1. The van der Waals surface area contributed by atoms with Crippen molar-refractivity contribution < 1.29 is 4.79 Å². The molecule has 0 radical (unpaired) electrons. The van der Waals surface area contributed by atoms with Crippen LogP contribution < -0.4 is 0 Å². The van der Waals surface area contributed by atoms with E-state index in [1.54, 1.807) is 0 Å². The molecule has 4 rings (SSSR count). The van der Waals surface area contributed by atoms with Gasteiger partial charge in [-0.05, 0) is 31.0 Å². The van der Waals surface area contributed by atoms with Gasteiger partial charge in [0.05, 0.1) is 5.69 Å². The van der Waals surface area contributed by atoms with Gasteiger partial charge in [-0.2, -0.15) is 5.10 Å². The fourth-order valence-corrected chi connectivity index (χ4v) is 4.06. The summed E-state index contributed by atoms with van der Waals surface area (Å²) in [5, 5.41) is 7.87. The average Bonchev–Trinajstić information content (AvgIpc) is 3.34. The molecular weight excluding hydrogens is 336 g/mol. The molecule has 2 heterocycles. The predicted molar refractivity (Wildman–Crippen MR) is 98.8 cm³/mol. The number of aromatic amines is 1. The quantitative estimate of drug-likeness (QED) is 0.914. The first-order chi connectivity index (χ1) is 12.2. The van der Waals surface area contributed by atoms with Crippen LogP contribution in [-0.4, -0.2) is 58.1 Å². The highest BCUT2D eigenvalue weighted by Crippen LogP contribution is 2.25. The van der Waals surface area contributed by atoms with E-state index in [1.807, 2.05) is 35.2 Å². The molecule has 1 aromatic carbocycles. The Kier molecular flexibility index (Phi) is 4.77. The van der Waals surface area contributed by atoms with Crippen LogP contribution in [0.3, 0.4) is 0 Å². The molecule has 25 heavy (non-hydrogen) atoms. The Morgan fingerprint density at radius 3 is 2.44 bits per heavy atom. The number of amides is 1. The molecule has 2 fully saturated rings. The smallest absolute Gasteiger partial charge is 0.271 e. The van der Waals surface area contributed by atoms with Crippen LogP contribution in [0.15, 0.2) is 30.3 Å². The van der Waals surface area contributed by atoms with Gasteiger partial charge in [0.15, 0.2) is 0 Å². The van der Waals surface area contributed by atoms with Gasteiger partial charge in [-0.3, -0.25) is 14.8 Å². The van der Waals surface area contributed by atoms with Crippen molar-refractivity contribution in [1.82, 2.24) is 20.0 Å². The molecule has 1 saturated carbocycles. The standard InChI is InChI=1S/C19H23ClN4O/c20-15-7-5-14(6-8-15)17-13-18(22-21-17)19(25)24-11-9-23(10-12-24)16-3-1-2-4-16/h5-8,13,16H,1-4,9-12H2,(H,21,22). The fourth-order valence-electron chi connectivity index (χ4n) is 3.93. The van der Waals surface area contributed by atoms with Crippen LogP contribution in [0.2, 0.25) is 5.02 Å². The number of H-pyrrole nitrogens is 1. The van der Waals surface area contributed by atoms with Gasteiger partial charge < -0.3 is 4.90 Å². The van der Waals surface area contributed by atoms with Gasteiger partial charge in [-0.25, -0.2) is 0 Å². The number of carbonyl (C=O) groups is 1. The van der Waals surface area contributed by atoms with Crippen molar-refractivity contribution in [2.75, 3.05) is 26.2 Å². The first-order valence-electron chi connectivity index (χ1n) is 9.05. The third-order valence-electron chi connectivity index (χ3n) is 5.39. The molecule has 0 bridgehead atoms. The number of halogens is 1. The topological polar surface area (TPSA) is 52.2 Å². The van der Waals surface area contributed by atoms with Gasteiger partial charge in [-0.15, -0.1) is 0 Å². The van der Waals surface area contributed by atoms with Crippen LogP contribution >= 0.6 is 11.6 Å². The van der Waals surface area contributed by atoms with E-state index in [0.29, 0.717) is 10.7 Å². The minimum Gasteiger partial charge on any atom is -0.335 e. The molecule has 1 amide bonds. The Labute approximate surface area is 153 Å². The average molecular weight is 359 g/mol. The second-order valence-electron chi connectivity index (χ2n) is 6.94. The van der Waals surface area contributed by atoms with E-state index in [-0.39, 0.29) is 5.91 Å². The molecule has 2 aliphatic rings. The minimum absolute atomic E-state index is 0.0405. The van der Waals surface area contributed by atoms with Crippen LogP contribution in [0.25, 0.3) is 11.3 Å². The SMILES string of the molecule is O=C(c1cc(-c2ccc(Cl)cc2)n[nH]1)N1CCN(C2CCCC2)CC1. The lowest BCUT2D eigenvalue weighted by Crippen LogP contribution is -2.51. The van der Waals surface area contributed by atoms with Crippen molar-refractivity contribution in [2.45, 2.75) is 31.7 Å². The highest BCUT2D eigenvalue weighted by molar-refractivity contribution is 6.30. The molecule has 1 saturated heterocycles. The van der Waals surface area contributed by atoms with Crippen molar-refractivity contribution >= 4 is 17.5 Å². The highest BCUT2D eigenvalue weighted by Gasteiger charge is 2.28. The first kappa shape index (κ1) is 16.6. The van der Waals surface area contributed by atoms with Crippen molar-refractivity contribution in [1.29, 1.82) is 0 Å². The van der Waals surface area contributed by atoms with Crippen molar-refractivity contribution in [3.63, 3.8) is 0 Å². The summed E-state index contributed by atoms with van der Waals surface area (Å²) in [4.78, 5) is 17.2. The van der Waals surface area contributed by atoms with Crippen LogP contribution in [0.5, 0.6) is 0 Å². The lowest BCUT2D eigenvalue weighted by molar-refractivity contribution is 0.0568. The molecule has 132 valence electrons. The van der Waals surface area contributed by atoms with Gasteiger partial charge >= 0.3 is 0 Å². The maximum atomic E-state index is 12.7. The zero-order valence-corrected chi connectivity index (χ0v) is 15.0. The van der Waals surface area contributed by atoms with Crippen molar-refractivity contribution in [3.8, 4) is 11.3 Å². The molecule has 1 aromatic heterocycles. The van der Waals surface area contributed by atoms with E-state index in [4.69, 9.17) is 11.6 Å². The summed E-state index contributed by atoms with van der Waals surface area (Å²) >= 11 is 5.92. The number of carbonyl (C=O) groups excluding carboxylic acids is 1. The Balaban J connectivity index is 1.39. The minimum atomic E-state index is 0.0405. The zero-order chi connectivity index (χ0) is 17.2. The molecular formula is C19H23ClN4O. The van der Waals surface area contributed by atoms with Crippen molar-refractivity contribution in [2.24, 2.45) is 0 Å². The third-order valence-corrected chi connectivity index (χ3v) is 5.64. The fraction of sp³-hybridized carbons (Fsp3) is 0.474. The Hall–Kier alpha value is -1.85. The lowest BCUT2D eigenvalue weighted by atomic mass is 10.1. The molecule has 0 spiro atoms. The number of aromatic nitrogens is 2. The number of hydrogen-bond donors (Lipinski definition) is 1. The van der Waals surface area contributed by atoms with E-state index in [1.165, 1.54) is 25.7 Å². The maximum absolute atomic E-state index is 12.7. The monoisotopic (exact) mass is 358 g/mol. The van der Waals surface area contributed by atoms with Gasteiger partial charge in [0.1, 0.15) is 5.69 Å². The number of benzene rings is 1. The summed E-state index contributed by atoms with van der Waals surface area (Å²) in [7, 11) is 0. The van der Waals surface area contributed by atoms with Crippen LogP contribution in [0, 0.1) is 0 Å². The Bertz CT molecular complexity index is 728. The van der Waals surface area contributed by atoms with E-state index in [9.17, 15) is 4.79 Å². The lowest BCUT2D eigenvalue weighted by Gasteiger charge is -2.37. The molecule has 6 heteroatoms. The van der Waals surface area contributed by atoms with Gasteiger partial charge in [-0.1, -0.05) is 36.6 Å². The molecule has 5 nitrogen and oxygen atoms in total. The first-order valence-corrected chi connectivity index (χ1v) is 9.43. The summed E-state index contributed by atoms with van der Waals surface area (Å²) in [5.74, 6) is 0.0405. The third kappa shape index (κ3) is 3.58. The maximum Gasteiger partial charge on any atom is 0.271 e. The summed E-state index contributed by atoms with van der Waals surface area (Å²) in [6.07, 6.45) is 5.34. The highest BCUT2D eigenvalue weighted by atomic mass is 35.5.